The average Bonchev–Trinajstić information content (AvgIpc) is 3.22. The van der Waals surface area contributed by atoms with Gasteiger partial charge in [0, 0.05) is 11.6 Å². The number of rotatable bonds is 5. The van der Waals surface area contributed by atoms with Crippen molar-refractivity contribution >= 4 is 56.1 Å². The summed E-state index contributed by atoms with van der Waals surface area (Å²) in [5.74, 6) is -3.78. The number of carboxylic acid groups (broad SMARTS) is 1. The fraction of sp³-hybridized carbons (Fsp3) is 0.179. The Morgan fingerprint density at radius 3 is 2.24 bits per heavy atom. The summed E-state index contributed by atoms with van der Waals surface area (Å²) in [6.45, 7) is 1.67. The van der Waals surface area contributed by atoms with Gasteiger partial charge in [-0.25, -0.2) is 0 Å². The van der Waals surface area contributed by atoms with E-state index in [-0.39, 0.29) is 12.0 Å². The van der Waals surface area contributed by atoms with E-state index in [0.717, 1.165) is 16.6 Å². The lowest BCUT2D eigenvalue weighted by Crippen LogP contribution is -2.33. The zero-order valence-electron chi connectivity index (χ0n) is 21.7. The number of hydrogen-bond donors (Lipinski definition) is 2. The second-order valence-corrected chi connectivity index (χ2v) is 10.0. The fourth-order valence-corrected chi connectivity index (χ4v) is 4.90. The van der Waals surface area contributed by atoms with E-state index >= 15 is 0 Å². The van der Waals surface area contributed by atoms with Crippen LogP contribution in [0.25, 0.3) is 32.9 Å². The lowest BCUT2D eigenvalue weighted by Gasteiger charge is -2.18. The molecule has 0 saturated carbocycles. The van der Waals surface area contributed by atoms with Crippen LogP contribution in [-0.2, 0) is 36.7 Å². The van der Waals surface area contributed by atoms with E-state index in [1.54, 1.807) is 43.3 Å². The largest absolute Gasteiger partial charge is 0.545 e. The molecule has 212 valence electrons. The van der Waals surface area contributed by atoms with Gasteiger partial charge in [-0.2, -0.15) is 13.0 Å². The third-order valence-electron chi connectivity index (χ3n) is 6.63. The van der Waals surface area contributed by atoms with E-state index in [2.05, 4.69) is 5.32 Å². The SMILES string of the molecule is CC(C(=O)OC1CC(=O)NC1=O)c1ccccc1-c1cccc2c(C(=O)[O-])c3ccccc3[n+](C)c12.O=S(=O)(O)F. The summed E-state index contributed by atoms with van der Waals surface area (Å²) >= 11 is 0. The molecule has 1 saturated heterocycles. The van der Waals surface area contributed by atoms with E-state index in [1.165, 1.54) is 0 Å². The molecule has 1 aromatic heterocycles. The number of aromatic nitrogens is 1. The fourth-order valence-electron chi connectivity index (χ4n) is 4.90. The highest BCUT2D eigenvalue weighted by Gasteiger charge is 2.35. The van der Waals surface area contributed by atoms with Crippen molar-refractivity contribution in [2.24, 2.45) is 7.05 Å². The monoisotopic (exact) mass is 582 g/mol. The highest BCUT2D eigenvalue weighted by atomic mass is 32.3. The van der Waals surface area contributed by atoms with Crippen molar-refractivity contribution < 1.29 is 50.4 Å². The number of benzene rings is 3. The van der Waals surface area contributed by atoms with Crippen LogP contribution in [0.1, 0.15) is 35.2 Å². The topological polar surface area (TPSA) is 171 Å². The van der Waals surface area contributed by atoms with Crippen LogP contribution in [0.15, 0.2) is 66.7 Å². The van der Waals surface area contributed by atoms with Gasteiger partial charge in [0.1, 0.15) is 7.05 Å². The predicted octanol–water partition coefficient (Wildman–Crippen LogP) is 1.67. The molecule has 2 atom stereocenters. The molecular weight excluding hydrogens is 559 g/mol. The standard InChI is InChI=1S/C28H22N2O6.FHO3S/c1-15(28(35)36-22-14-23(31)29-26(22)32)16-8-3-4-9-17(16)18-11-7-12-20-24(27(33)34)19-10-5-6-13-21(19)30(2)25(18)20;1-5(2,3)4/h3-13,15,22H,14H2,1-2H3,(H-,29,31,32,33,34);(H,2,3,4). The first-order valence-corrected chi connectivity index (χ1v) is 13.5. The number of aryl methyl sites for hydroxylation is 1. The third-order valence-corrected chi connectivity index (χ3v) is 6.63. The molecule has 0 aliphatic carbocycles. The minimum Gasteiger partial charge on any atom is -0.545 e. The van der Waals surface area contributed by atoms with Gasteiger partial charge in [0.2, 0.25) is 16.9 Å². The van der Waals surface area contributed by atoms with Crippen LogP contribution in [0.3, 0.4) is 0 Å². The van der Waals surface area contributed by atoms with Gasteiger partial charge >= 0.3 is 16.5 Å². The van der Waals surface area contributed by atoms with Gasteiger partial charge < -0.3 is 14.6 Å². The van der Waals surface area contributed by atoms with Crippen LogP contribution in [0, 0.1) is 0 Å². The molecule has 4 aromatic rings. The quantitative estimate of drug-likeness (QED) is 0.0887. The second-order valence-electron chi connectivity index (χ2n) is 9.20. The number of nitrogens with one attached hydrogen (secondary N) is 1. The first-order valence-electron chi connectivity index (χ1n) is 12.1. The second kappa shape index (κ2) is 11.4. The lowest BCUT2D eigenvalue weighted by atomic mass is 9.89. The number of carbonyl (C=O) groups excluding carboxylic acids is 4. The normalized spacial score (nSPS) is 15.7. The van der Waals surface area contributed by atoms with Crippen molar-refractivity contribution in [3.8, 4) is 11.1 Å². The Balaban J connectivity index is 0.000000714. The summed E-state index contributed by atoms with van der Waals surface area (Å²) in [6.07, 6.45) is -1.34. The van der Waals surface area contributed by atoms with Gasteiger partial charge in [-0.05, 0) is 36.2 Å². The van der Waals surface area contributed by atoms with Crippen molar-refractivity contribution in [1.82, 2.24) is 5.32 Å². The molecule has 3 aromatic carbocycles. The van der Waals surface area contributed by atoms with E-state index in [0.29, 0.717) is 21.9 Å². The van der Waals surface area contributed by atoms with Crippen LogP contribution in [0.5, 0.6) is 0 Å². The van der Waals surface area contributed by atoms with Gasteiger partial charge in [-0.15, -0.1) is 0 Å². The summed E-state index contributed by atoms with van der Waals surface area (Å²) in [5, 5.41) is 15.4. The molecule has 5 rings (SSSR count). The number of carboxylic acids is 1. The molecule has 0 radical (unpaired) electrons. The number of pyridine rings is 1. The average molecular weight is 583 g/mol. The number of halogens is 1. The molecule has 2 unspecified atom stereocenters. The number of carbonyl (C=O) groups is 4. The number of imide groups is 1. The zero-order chi connectivity index (χ0) is 30.1. The van der Waals surface area contributed by atoms with E-state index < -0.39 is 46.3 Å². The summed E-state index contributed by atoms with van der Waals surface area (Å²) in [7, 11) is -3.30. The molecule has 13 heteroatoms. The molecule has 41 heavy (non-hydrogen) atoms. The number of nitrogens with zero attached hydrogens (tertiary/aromatic N) is 1. The van der Waals surface area contributed by atoms with E-state index in [9.17, 15) is 28.2 Å². The number of ether oxygens (including phenoxy) is 1. The van der Waals surface area contributed by atoms with Gasteiger partial charge in [0.25, 0.3) is 5.91 Å². The van der Waals surface area contributed by atoms with Crippen LogP contribution in [0.2, 0.25) is 0 Å². The Morgan fingerprint density at radius 2 is 1.61 bits per heavy atom. The Labute approximate surface area is 233 Å². The molecule has 1 aliphatic heterocycles. The van der Waals surface area contributed by atoms with Gasteiger partial charge in [-0.3, -0.25) is 24.3 Å². The number of amides is 2. The first-order chi connectivity index (χ1) is 19.3. The molecule has 2 amide bonds. The lowest BCUT2D eigenvalue weighted by molar-refractivity contribution is -0.617. The number of para-hydroxylation sites is 2. The van der Waals surface area contributed by atoms with E-state index in [1.807, 2.05) is 41.9 Å². The highest BCUT2D eigenvalue weighted by molar-refractivity contribution is 7.80. The maximum atomic E-state index is 13.0. The summed E-state index contributed by atoms with van der Waals surface area (Å²) < 4.78 is 41.4. The first kappa shape index (κ1) is 29.2. The summed E-state index contributed by atoms with van der Waals surface area (Å²) in [6, 6.07) is 19.9. The smallest absolute Gasteiger partial charge is 0.435 e. The van der Waals surface area contributed by atoms with Crippen molar-refractivity contribution in [2.75, 3.05) is 0 Å². The molecule has 0 bridgehead atoms. The molecule has 0 spiro atoms. The minimum atomic E-state index is -5.17. The van der Waals surface area contributed by atoms with Crippen molar-refractivity contribution in [3.05, 3.63) is 77.9 Å². The molecule has 1 aliphatic rings. The Hall–Kier alpha value is -4.75. The van der Waals surface area contributed by atoms with Crippen LogP contribution in [0.4, 0.5) is 3.89 Å². The van der Waals surface area contributed by atoms with Crippen molar-refractivity contribution in [3.63, 3.8) is 0 Å². The van der Waals surface area contributed by atoms with Gasteiger partial charge in [0.15, 0.2) is 6.10 Å². The molecular formula is C28H23FN2O9S. The zero-order valence-corrected chi connectivity index (χ0v) is 22.5. The molecule has 2 N–H and O–H groups in total. The van der Waals surface area contributed by atoms with Crippen molar-refractivity contribution in [1.29, 1.82) is 0 Å². The summed E-state index contributed by atoms with van der Waals surface area (Å²) in [4.78, 5) is 48.6. The number of fused-ring (bicyclic) bond motifs is 2. The van der Waals surface area contributed by atoms with Crippen LogP contribution in [-0.4, -0.2) is 42.8 Å². The predicted molar refractivity (Wildman–Crippen MR) is 141 cm³/mol. The Morgan fingerprint density at radius 1 is 1.02 bits per heavy atom. The Kier molecular flexibility index (Phi) is 8.12. The highest BCUT2D eigenvalue weighted by Crippen LogP contribution is 2.36. The molecule has 11 nitrogen and oxygen atoms in total. The number of hydrogen-bond acceptors (Lipinski definition) is 8. The van der Waals surface area contributed by atoms with Gasteiger partial charge in [0.05, 0.1) is 34.6 Å². The number of esters is 1. The van der Waals surface area contributed by atoms with Crippen LogP contribution < -0.4 is 15.0 Å². The maximum absolute atomic E-state index is 13.0. The maximum Gasteiger partial charge on any atom is 0.435 e. The van der Waals surface area contributed by atoms with Crippen LogP contribution >= 0.6 is 0 Å². The van der Waals surface area contributed by atoms with E-state index in [4.69, 9.17) is 17.7 Å². The summed E-state index contributed by atoms with van der Waals surface area (Å²) in [5.41, 5.74) is 3.58. The Bertz CT molecular complexity index is 1830. The van der Waals surface area contributed by atoms with Crippen molar-refractivity contribution in [2.45, 2.75) is 25.4 Å². The minimum absolute atomic E-state index is 0.0994. The molecule has 1 fully saturated rings. The number of aromatic carboxylic acids is 1. The third kappa shape index (κ3) is 6.21. The van der Waals surface area contributed by atoms with Gasteiger partial charge in [-0.1, -0.05) is 46.4 Å². The molecule has 2 heterocycles.